The molecule has 14 heavy (non-hydrogen) atoms. The van der Waals surface area contributed by atoms with E-state index in [1.54, 1.807) is 7.05 Å². The zero-order chi connectivity index (χ0) is 9.97. The van der Waals surface area contributed by atoms with Crippen LogP contribution in [0.4, 0.5) is 0 Å². The zero-order valence-electron chi connectivity index (χ0n) is 8.42. The summed E-state index contributed by atoms with van der Waals surface area (Å²) < 4.78 is 0. The number of hydrogen-bond donors (Lipinski definition) is 1. The van der Waals surface area contributed by atoms with Gasteiger partial charge in [-0.1, -0.05) is 18.6 Å². The highest BCUT2D eigenvalue weighted by Crippen LogP contribution is 2.36. The molecule has 2 heteroatoms. The molecule has 1 N–H and O–H groups in total. The Hall–Kier alpha value is -1.31. The molecule has 1 aliphatic rings. The number of carbonyl (C=O) groups is 1. The fourth-order valence-electron chi connectivity index (χ4n) is 1.79. The maximum Gasteiger partial charge on any atom is 0.251 e. The van der Waals surface area contributed by atoms with Gasteiger partial charge in [0.05, 0.1) is 0 Å². The van der Waals surface area contributed by atoms with Crippen LogP contribution in [0.1, 0.15) is 41.1 Å². The molecule has 0 radical (unpaired) electrons. The van der Waals surface area contributed by atoms with Crippen molar-refractivity contribution in [2.75, 3.05) is 7.05 Å². The molecule has 1 amide bonds. The van der Waals surface area contributed by atoms with E-state index in [2.05, 4.69) is 17.4 Å². The van der Waals surface area contributed by atoms with Crippen LogP contribution in [0.2, 0.25) is 0 Å². The third-order valence-corrected chi connectivity index (χ3v) is 2.98. The zero-order valence-corrected chi connectivity index (χ0v) is 8.42. The minimum atomic E-state index is -0.00911. The summed E-state index contributed by atoms with van der Waals surface area (Å²) in [6.07, 6.45) is 3.96. The SMILES string of the molecule is CNC(=O)c1ccc(C2CCC2)cc1. The second-order valence-electron chi connectivity index (χ2n) is 3.83. The molecule has 1 fully saturated rings. The Labute approximate surface area is 84.3 Å². The van der Waals surface area contributed by atoms with Crippen LogP contribution in [0.25, 0.3) is 0 Å². The molecular weight excluding hydrogens is 174 g/mol. The maximum atomic E-state index is 11.3. The van der Waals surface area contributed by atoms with Crippen molar-refractivity contribution in [3.05, 3.63) is 35.4 Å². The lowest BCUT2D eigenvalue weighted by Crippen LogP contribution is -2.17. The van der Waals surface area contributed by atoms with Crippen molar-refractivity contribution in [1.29, 1.82) is 0 Å². The Kier molecular flexibility index (Phi) is 2.53. The molecule has 0 aromatic heterocycles. The molecule has 2 nitrogen and oxygen atoms in total. The molecular formula is C12H15NO. The molecule has 0 saturated heterocycles. The summed E-state index contributed by atoms with van der Waals surface area (Å²) in [5, 5.41) is 2.62. The lowest BCUT2D eigenvalue weighted by molar-refractivity contribution is 0.0963. The van der Waals surface area contributed by atoms with Crippen LogP contribution in [0.3, 0.4) is 0 Å². The van der Waals surface area contributed by atoms with Crippen molar-refractivity contribution < 1.29 is 4.79 Å². The summed E-state index contributed by atoms with van der Waals surface area (Å²) >= 11 is 0. The predicted molar refractivity (Wildman–Crippen MR) is 56.4 cm³/mol. The Balaban J connectivity index is 2.13. The number of carbonyl (C=O) groups excluding carboxylic acids is 1. The van der Waals surface area contributed by atoms with E-state index in [1.165, 1.54) is 24.8 Å². The standard InChI is InChI=1S/C12H15NO/c1-13-12(14)11-7-5-10(6-8-11)9-3-2-4-9/h5-9H,2-4H2,1H3,(H,13,14). The summed E-state index contributed by atoms with van der Waals surface area (Å²) in [7, 11) is 1.65. The lowest BCUT2D eigenvalue weighted by atomic mass is 9.80. The van der Waals surface area contributed by atoms with E-state index >= 15 is 0 Å². The number of nitrogens with one attached hydrogen (secondary N) is 1. The summed E-state index contributed by atoms with van der Waals surface area (Å²) in [6.45, 7) is 0. The highest BCUT2D eigenvalue weighted by atomic mass is 16.1. The first kappa shape index (κ1) is 9.25. The Morgan fingerprint density at radius 1 is 1.29 bits per heavy atom. The van der Waals surface area contributed by atoms with Gasteiger partial charge in [0.25, 0.3) is 5.91 Å². The highest BCUT2D eigenvalue weighted by Gasteiger charge is 2.19. The first-order chi connectivity index (χ1) is 6.81. The van der Waals surface area contributed by atoms with Crippen LogP contribution in [-0.4, -0.2) is 13.0 Å². The Bertz CT molecular complexity index is 325. The summed E-state index contributed by atoms with van der Waals surface area (Å²) in [6, 6.07) is 7.97. The van der Waals surface area contributed by atoms with E-state index in [0.29, 0.717) is 0 Å². The summed E-state index contributed by atoms with van der Waals surface area (Å²) in [5.74, 6) is 0.735. The molecule has 0 spiro atoms. The number of amides is 1. The van der Waals surface area contributed by atoms with Crippen LogP contribution in [0.5, 0.6) is 0 Å². The second-order valence-corrected chi connectivity index (χ2v) is 3.83. The highest BCUT2D eigenvalue weighted by molar-refractivity contribution is 5.93. The summed E-state index contributed by atoms with van der Waals surface area (Å²) in [5.41, 5.74) is 2.12. The van der Waals surface area contributed by atoms with Gasteiger partial charge in [0, 0.05) is 12.6 Å². The van der Waals surface area contributed by atoms with Gasteiger partial charge in [0.15, 0.2) is 0 Å². The van der Waals surface area contributed by atoms with E-state index in [-0.39, 0.29) is 5.91 Å². The topological polar surface area (TPSA) is 29.1 Å². The molecule has 0 bridgehead atoms. The van der Waals surface area contributed by atoms with Gasteiger partial charge in [0.2, 0.25) is 0 Å². The predicted octanol–water partition coefficient (Wildman–Crippen LogP) is 2.31. The van der Waals surface area contributed by atoms with Gasteiger partial charge in [-0.3, -0.25) is 4.79 Å². The van der Waals surface area contributed by atoms with Gasteiger partial charge in [-0.05, 0) is 36.5 Å². The van der Waals surface area contributed by atoms with Crippen LogP contribution in [0, 0.1) is 0 Å². The molecule has 0 aliphatic heterocycles. The monoisotopic (exact) mass is 189 g/mol. The van der Waals surface area contributed by atoms with Gasteiger partial charge >= 0.3 is 0 Å². The van der Waals surface area contributed by atoms with E-state index in [9.17, 15) is 4.79 Å². The smallest absolute Gasteiger partial charge is 0.251 e. The molecule has 1 aromatic rings. The van der Waals surface area contributed by atoms with Crippen LogP contribution in [0.15, 0.2) is 24.3 Å². The normalized spacial score (nSPS) is 16.1. The van der Waals surface area contributed by atoms with Crippen molar-refractivity contribution in [2.45, 2.75) is 25.2 Å². The summed E-state index contributed by atoms with van der Waals surface area (Å²) in [4.78, 5) is 11.3. The van der Waals surface area contributed by atoms with Crippen LogP contribution >= 0.6 is 0 Å². The fraction of sp³-hybridized carbons (Fsp3) is 0.417. The fourth-order valence-corrected chi connectivity index (χ4v) is 1.79. The van der Waals surface area contributed by atoms with Gasteiger partial charge < -0.3 is 5.32 Å². The lowest BCUT2D eigenvalue weighted by Gasteiger charge is -2.25. The molecule has 0 unspecified atom stereocenters. The van der Waals surface area contributed by atoms with Gasteiger partial charge in [-0.2, -0.15) is 0 Å². The Morgan fingerprint density at radius 3 is 2.36 bits per heavy atom. The molecule has 1 saturated carbocycles. The third kappa shape index (κ3) is 1.65. The maximum absolute atomic E-state index is 11.3. The van der Waals surface area contributed by atoms with Gasteiger partial charge in [-0.15, -0.1) is 0 Å². The molecule has 0 atom stereocenters. The number of benzene rings is 1. The van der Waals surface area contributed by atoms with Crippen LogP contribution in [-0.2, 0) is 0 Å². The average Bonchev–Trinajstić information content (AvgIpc) is 2.15. The molecule has 2 rings (SSSR count). The molecule has 74 valence electrons. The van der Waals surface area contributed by atoms with E-state index in [4.69, 9.17) is 0 Å². The van der Waals surface area contributed by atoms with E-state index in [1.807, 2.05) is 12.1 Å². The van der Waals surface area contributed by atoms with Crippen molar-refractivity contribution in [3.8, 4) is 0 Å². The van der Waals surface area contributed by atoms with Crippen LogP contribution < -0.4 is 5.32 Å². The molecule has 1 aromatic carbocycles. The van der Waals surface area contributed by atoms with E-state index in [0.717, 1.165) is 11.5 Å². The third-order valence-electron chi connectivity index (χ3n) is 2.98. The second kappa shape index (κ2) is 3.82. The average molecular weight is 189 g/mol. The van der Waals surface area contributed by atoms with Gasteiger partial charge in [-0.25, -0.2) is 0 Å². The molecule has 1 aliphatic carbocycles. The largest absolute Gasteiger partial charge is 0.355 e. The minimum absolute atomic E-state index is 0.00911. The molecule has 0 heterocycles. The quantitative estimate of drug-likeness (QED) is 0.760. The van der Waals surface area contributed by atoms with Gasteiger partial charge in [0.1, 0.15) is 0 Å². The first-order valence-corrected chi connectivity index (χ1v) is 5.13. The van der Waals surface area contributed by atoms with E-state index < -0.39 is 0 Å². The van der Waals surface area contributed by atoms with Crippen molar-refractivity contribution in [2.24, 2.45) is 0 Å². The van der Waals surface area contributed by atoms with Crippen molar-refractivity contribution in [1.82, 2.24) is 5.32 Å². The minimum Gasteiger partial charge on any atom is -0.355 e. The Morgan fingerprint density at radius 2 is 1.93 bits per heavy atom. The number of hydrogen-bond acceptors (Lipinski definition) is 1. The first-order valence-electron chi connectivity index (χ1n) is 5.13. The number of rotatable bonds is 2. The van der Waals surface area contributed by atoms with Crippen molar-refractivity contribution in [3.63, 3.8) is 0 Å². The van der Waals surface area contributed by atoms with Crippen molar-refractivity contribution >= 4 is 5.91 Å².